The van der Waals surface area contributed by atoms with Gasteiger partial charge in [0.15, 0.2) is 0 Å². The van der Waals surface area contributed by atoms with Gasteiger partial charge in [-0.2, -0.15) is 0 Å². The van der Waals surface area contributed by atoms with E-state index in [2.05, 4.69) is 10.3 Å². The second-order valence-electron chi connectivity index (χ2n) is 8.51. The molecule has 0 atom stereocenters. The summed E-state index contributed by atoms with van der Waals surface area (Å²) >= 11 is 0. The lowest BCUT2D eigenvalue weighted by molar-refractivity contribution is 0.0950. The Kier molecular flexibility index (Phi) is 7.17. The van der Waals surface area contributed by atoms with Gasteiger partial charge in [-0.05, 0) is 75.1 Å². The number of benzene rings is 2. The summed E-state index contributed by atoms with van der Waals surface area (Å²) in [6.07, 6.45) is 6.27. The van der Waals surface area contributed by atoms with Crippen LogP contribution < -0.4 is 14.4 Å². The predicted molar refractivity (Wildman–Crippen MR) is 132 cm³/mol. The van der Waals surface area contributed by atoms with Gasteiger partial charge in [0.05, 0.1) is 10.6 Å². The Morgan fingerprint density at radius 2 is 1.74 bits per heavy atom. The van der Waals surface area contributed by atoms with Gasteiger partial charge in [0.25, 0.3) is 15.9 Å². The number of nitrogens with one attached hydrogen (secondary N) is 1. The van der Waals surface area contributed by atoms with Crippen molar-refractivity contribution in [1.29, 1.82) is 0 Å². The molecule has 7 nitrogen and oxygen atoms in total. The molecule has 1 aromatic heterocycles. The smallest absolute Gasteiger partial charge is 0.264 e. The quantitative estimate of drug-likeness (QED) is 0.515. The van der Waals surface area contributed by atoms with E-state index in [1.165, 1.54) is 24.2 Å². The molecule has 0 bridgehead atoms. The Hall–Kier alpha value is -3.39. The van der Waals surface area contributed by atoms with E-state index in [1.807, 2.05) is 19.1 Å². The molecule has 1 fully saturated rings. The van der Waals surface area contributed by atoms with Crippen LogP contribution in [0, 0.1) is 6.92 Å². The summed E-state index contributed by atoms with van der Waals surface area (Å²) in [4.78, 5) is 17.3. The SMILES string of the molecule is Cc1ccc(S(=O)(=O)N(C)c2ccc(C(=O)NCc3cccnc3OC3CCCC3)cc2)cc1. The van der Waals surface area contributed by atoms with E-state index in [4.69, 9.17) is 4.74 Å². The van der Waals surface area contributed by atoms with Crippen molar-refractivity contribution in [1.82, 2.24) is 10.3 Å². The largest absolute Gasteiger partial charge is 0.474 e. The first-order chi connectivity index (χ1) is 16.3. The summed E-state index contributed by atoms with van der Waals surface area (Å²) in [6.45, 7) is 2.19. The van der Waals surface area contributed by atoms with E-state index in [-0.39, 0.29) is 23.5 Å². The highest BCUT2D eigenvalue weighted by atomic mass is 32.2. The number of amides is 1. The fourth-order valence-electron chi connectivity index (χ4n) is 3.94. The zero-order valence-corrected chi connectivity index (χ0v) is 20.2. The van der Waals surface area contributed by atoms with Gasteiger partial charge < -0.3 is 10.1 Å². The normalized spacial score (nSPS) is 14.1. The number of carbonyl (C=O) groups excluding carboxylic acids is 1. The molecule has 0 unspecified atom stereocenters. The topological polar surface area (TPSA) is 88.6 Å². The highest BCUT2D eigenvalue weighted by Crippen LogP contribution is 2.25. The molecule has 1 aliphatic rings. The van der Waals surface area contributed by atoms with E-state index in [0.717, 1.165) is 24.0 Å². The van der Waals surface area contributed by atoms with Gasteiger partial charge in [-0.3, -0.25) is 9.10 Å². The van der Waals surface area contributed by atoms with Crippen molar-refractivity contribution in [3.05, 3.63) is 83.6 Å². The Bertz CT molecular complexity index is 1240. The fourth-order valence-corrected chi connectivity index (χ4v) is 5.13. The number of ether oxygens (including phenoxy) is 1. The number of sulfonamides is 1. The van der Waals surface area contributed by atoms with Gasteiger partial charge in [-0.25, -0.2) is 13.4 Å². The molecule has 1 aliphatic carbocycles. The first-order valence-electron chi connectivity index (χ1n) is 11.4. The number of aryl methyl sites for hydroxylation is 1. The van der Waals surface area contributed by atoms with Gasteiger partial charge in [0.2, 0.25) is 5.88 Å². The van der Waals surface area contributed by atoms with Crippen LogP contribution >= 0.6 is 0 Å². The molecule has 0 radical (unpaired) electrons. The summed E-state index contributed by atoms with van der Waals surface area (Å²) in [7, 11) is -2.19. The van der Waals surface area contributed by atoms with Crippen LogP contribution in [0.2, 0.25) is 0 Å². The molecule has 0 aliphatic heterocycles. The zero-order valence-electron chi connectivity index (χ0n) is 19.4. The third-order valence-corrected chi connectivity index (χ3v) is 7.84. The maximum absolute atomic E-state index is 12.9. The van der Waals surface area contributed by atoms with Crippen LogP contribution in [0.3, 0.4) is 0 Å². The summed E-state index contributed by atoms with van der Waals surface area (Å²) < 4.78 is 33.1. The average molecular weight is 480 g/mol. The molecule has 34 heavy (non-hydrogen) atoms. The van der Waals surface area contributed by atoms with E-state index in [1.54, 1.807) is 54.7 Å². The van der Waals surface area contributed by atoms with Gasteiger partial charge in [-0.15, -0.1) is 0 Å². The molecular formula is C26H29N3O4S. The Labute approximate surface area is 200 Å². The van der Waals surface area contributed by atoms with E-state index in [0.29, 0.717) is 17.1 Å². The molecule has 1 N–H and O–H groups in total. The second-order valence-corrected chi connectivity index (χ2v) is 10.5. The minimum atomic E-state index is -3.69. The molecular weight excluding hydrogens is 450 g/mol. The highest BCUT2D eigenvalue weighted by Gasteiger charge is 2.22. The van der Waals surface area contributed by atoms with Crippen LogP contribution in [0.1, 0.15) is 47.2 Å². The summed E-state index contributed by atoms with van der Waals surface area (Å²) in [5, 5.41) is 2.90. The monoisotopic (exact) mass is 479 g/mol. The number of carbonyl (C=O) groups is 1. The lowest BCUT2D eigenvalue weighted by Crippen LogP contribution is -2.27. The molecule has 0 saturated heterocycles. The van der Waals surface area contributed by atoms with E-state index < -0.39 is 10.0 Å². The predicted octanol–water partition coefficient (Wildman–Crippen LogP) is 4.47. The van der Waals surface area contributed by atoms with Crippen LogP contribution in [0.25, 0.3) is 0 Å². The van der Waals surface area contributed by atoms with Crippen molar-refractivity contribution >= 4 is 21.6 Å². The van der Waals surface area contributed by atoms with Crippen molar-refractivity contribution in [2.45, 2.75) is 50.2 Å². The van der Waals surface area contributed by atoms with Crippen molar-refractivity contribution in [3.8, 4) is 5.88 Å². The zero-order chi connectivity index (χ0) is 24.1. The lowest BCUT2D eigenvalue weighted by atomic mass is 10.2. The number of nitrogens with zero attached hydrogens (tertiary/aromatic N) is 2. The minimum Gasteiger partial charge on any atom is -0.474 e. The third kappa shape index (κ3) is 5.39. The maximum Gasteiger partial charge on any atom is 0.264 e. The standard InChI is InChI=1S/C26H29N3O4S/c1-19-9-15-24(16-10-19)34(31,32)29(2)22-13-11-20(12-14-22)25(30)28-18-21-6-5-17-27-26(21)33-23-7-3-4-8-23/h5-6,9-17,23H,3-4,7-8,18H2,1-2H3,(H,28,30). The fraction of sp³-hybridized carbons (Fsp3) is 0.308. The molecule has 1 saturated carbocycles. The molecule has 4 rings (SSSR count). The van der Waals surface area contributed by atoms with Crippen molar-refractivity contribution < 1.29 is 17.9 Å². The molecule has 1 amide bonds. The number of anilines is 1. The molecule has 3 aromatic rings. The number of hydrogen-bond acceptors (Lipinski definition) is 5. The Morgan fingerprint density at radius 1 is 1.06 bits per heavy atom. The molecule has 0 spiro atoms. The van der Waals surface area contributed by atoms with Gasteiger partial charge in [0, 0.05) is 30.9 Å². The summed E-state index contributed by atoms with van der Waals surface area (Å²) in [5.41, 5.74) is 2.72. The number of pyridine rings is 1. The number of aromatic nitrogens is 1. The molecule has 8 heteroatoms. The maximum atomic E-state index is 12.9. The summed E-state index contributed by atoms with van der Waals surface area (Å²) in [6, 6.07) is 16.9. The van der Waals surface area contributed by atoms with E-state index in [9.17, 15) is 13.2 Å². The average Bonchev–Trinajstić information content (AvgIpc) is 3.36. The van der Waals surface area contributed by atoms with Crippen LogP contribution in [-0.4, -0.2) is 32.5 Å². The minimum absolute atomic E-state index is 0.185. The number of rotatable bonds is 8. The van der Waals surface area contributed by atoms with Crippen LogP contribution in [0.5, 0.6) is 5.88 Å². The lowest BCUT2D eigenvalue weighted by Gasteiger charge is -2.20. The van der Waals surface area contributed by atoms with Gasteiger partial charge in [0.1, 0.15) is 6.10 Å². The van der Waals surface area contributed by atoms with Crippen LogP contribution in [0.4, 0.5) is 5.69 Å². The highest BCUT2D eigenvalue weighted by molar-refractivity contribution is 7.92. The van der Waals surface area contributed by atoms with Gasteiger partial charge >= 0.3 is 0 Å². The molecule has 2 aromatic carbocycles. The van der Waals surface area contributed by atoms with Crippen molar-refractivity contribution in [2.75, 3.05) is 11.4 Å². The molecule has 1 heterocycles. The Morgan fingerprint density at radius 3 is 2.41 bits per heavy atom. The third-order valence-electron chi connectivity index (χ3n) is 6.04. The summed E-state index contributed by atoms with van der Waals surface area (Å²) in [5.74, 6) is 0.305. The molecule has 178 valence electrons. The second kappa shape index (κ2) is 10.3. The Balaban J connectivity index is 1.40. The van der Waals surface area contributed by atoms with Crippen LogP contribution in [-0.2, 0) is 16.6 Å². The van der Waals surface area contributed by atoms with Crippen molar-refractivity contribution in [3.63, 3.8) is 0 Å². The van der Waals surface area contributed by atoms with Crippen molar-refractivity contribution in [2.24, 2.45) is 0 Å². The first-order valence-corrected chi connectivity index (χ1v) is 12.8. The number of hydrogen-bond donors (Lipinski definition) is 1. The first kappa shape index (κ1) is 23.8. The van der Waals surface area contributed by atoms with Gasteiger partial charge in [-0.1, -0.05) is 23.8 Å². The van der Waals surface area contributed by atoms with Crippen LogP contribution in [0.15, 0.2) is 71.8 Å². The van der Waals surface area contributed by atoms with E-state index >= 15 is 0 Å².